The van der Waals surface area contributed by atoms with Gasteiger partial charge in [0, 0.05) is 29.4 Å². The van der Waals surface area contributed by atoms with Gasteiger partial charge in [0.2, 0.25) is 0 Å². The van der Waals surface area contributed by atoms with Crippen molar-refractivity contribution in [3.63, 3.8) is 0 Å². The predicted octanol–water partition coefficient (Wildman–Crippen LogP) is 5.87. The number of methoxy groups -OCH3 is 2. The molecule has 1 saturated heterocycles. The summed E-state index contributed by atoms with van der Waals surface area (Å²) in [6.07, 6.45) is 2.12. The molecule has 1 amide bonds. The third kappa shape index (κ3) is 6.28. The molecule has 0 spiro atoms. The van der Waals surface area contributed by atoms with Crippen LogP contribution in [0.25, 0.3) is 16.9 Å². The van der Waals surface area contributed by atoms with Gasteiger partial charge in [0.25, 0.3) is 5.91 Å². The van der Waals surface area contributed by atoms with Gasteiger partial charge in [0.15, 0.2) is 0 Å². The molecule has 1 fully saturated rings. The first kappa shape index (κ1) is 28.4. The molecule has 2 aromatic carbocycles. The highest BCUT2D eigenvalue weighted by Crippen LogP contribution is 2.39. The molecule has 214 valence electrons. The molecular formula is C28H26ClF3N6O3. The molecule has 1 N–H and O–H groups in total. The molecule has 13 heteroatoms. The Kier molecular flexibility index (Phi) is 8.13. The minimum absolute atomic E-state index is 0.0772. The van der Waals surface area contributed by atoms with Crippen LogP contribution in [0.15, 0.2) is 55.0 Å². The first-order chi connectivity index (χ1) is 19.7. The van der Waals surface area contributed by atoms with Gasteiger partial charge >= 0.3 is 6.18 Å². The lowest BCUT2D eigenvalue weighted by molar-refractivity contribution is -0.137. The van der Waals surface area contributed by atoms with Gasteiger partial charge in [0.1, 0.15) is 17.2 Å². The number of hydrogen-bond donors (Lipinski definition) is 1. The van der Waals surface area contributed by atoms with Crippen LogP contribution in [0.1, 0.15) is 34.3 Å². The number of benzene rings is 2. The lowest BCUT2D eigenvalue weighted by Gasteiger charge is -2.21. The Morgan fingerprint density at radius 1 is 1.07 bits per heavy atom. The standard InChI is InChI=1S/C28H26ClF3N6O3/c1-40-21-10-18(13-33-14-21)24-16-38(36-35-24)25-11-17(5-6-22(25)29)27(39)34-23-12-20(28(30,31)32)9-19(26(23)41-2)15-37-7-3-4-8-37/h5-6,9-14,16H,3-4,7-8,15H2,1-2H3,(H,34,39). The number of nitrogens with zero attached hydrogens (tertiary/aromatic N) is 5. The molecule has 5 rings (SSSR count). The van der Waals surface area contributed by atoms with Crippen LogP contribution in [-0.4, -0.2) is 58.1 Å². The van der Waals surface area contributed by atoms with E-state index in [9.17, 15) is 18.0 Å². The minimum atomic E-state index is -4.61. The van der Waals surface area contributed by atoms with Gasteiger partial charge in [-0.1, -0.05) is 16.8 Å². The van der Waals surface area contributed by atoms with Crippen molar-refractivity contribution in [3.8, 4) is 28.4 Å². The molecule has 0 aliphatic carbocycles. The maximum Gasteiger partial charge on any atom is 0.416 e. The van der Waals surface area contributed by atoms with Crippen molar-refractivity contribution in [1.29, 1.82) is 0 Å². The van der Waals surface area contributed by atoms with Crippen molar-refractivity contribution >= 4 is 23.2 Å². The van der Waals surface area contributed by atoms with Gasteiger partial charge in [-0.2, -0.15) is 13.2 Å². The van der Waals surface area contributed by atoms with Gasteiger partial charge in [-0.15, -0.1) is 5.10 Å². The SMILES string of the molecule is COc1cncc(-c2cn(-c3cc(C(=O)Nc4cc(C(F)(F)F)cc(CN5CCCC5)c4OC)ccc3Cl)nn2)c1. The Bertz CT molecular complexity index is 1570. The van der Waals surface area contributed by atoms with E-state index in [4.69, 9.17) is 21.1 Å². The molecule has 0 bridgehead atoms. The fourth-order valence-electron chi connectivity index (χ4n) is 4.69. The molecule has 0 radical (unpaired) electrons. The van der Waals surface area contributed by atoms with E-state index in [0.717, 1.165) is 38.1 Å². The lowest BCUT2D eigenvalue weighted by atomic mass is 10.1. The van der Waals surface area contributed by atoms with Crippen LogP contribution in [0.4, 0.5) is 18.9 Å². The van der Waals surface area contributed by atoms with Gasteiger partial charge < -0.3 is 14.8 Å². The molecule has 0 saturated carbocycles. The Balaban J connectivity index is 1.45. The minimum Gasteiger partial charge on any atom is -0.495 e. The van der Waals surface area contributed by atoms with Crippen molar-refractivity contribution in [1.82, 2.24) is 24.9 Å². The van der Waals surface area contributed by atoms with Crippen molar-refractivity contribution in [3.05, 3.63) is 76.7 Å². The van der Waals surface area contributed by atoms with Crippen molar-refractivity contribution < 1.29 is 27.4 Å². The molecule has 0 atom stereocenters. The summed E-state index contributed by atoms with van der Waals surface area (Å²) in [5, 5.41) is 11.2. The summed E-state index contributed by atoms with van der Waals surface area (Å²) < 4.78 is 53.5. The van der Waals surface area contributed by atoms with Crippen molar-refractivity contribution in [2.75, 3.05) is 32.6 Å². The van der Waals surface area contributed by atoms with Crippen LogP contribution >= 0.6 is 11.6 Å². The summed E-state index contributed by atoms with van der Waals surface area (Å²) in [6.45, 7) is 1.85. The van der Waals surface area contributed by atoms with E-state index in [-0.39, 0.29) is 28.6 Å². The van der Waals surface area contributed by atoms with Crippen LogP contribution < -0.4 is 14.8 Å². The average Bonchev–Trinajstić information content (AvgIpc) is 3.65. The van der Waals surface area contributed by atoms with Crippen LogP contribution in [0.5, 0.6) is 11.5 Å². The molecular weight excluding hydrogens is 561 g/mol. The van der Waals surface area contributed by atoms with Crippen LogP contribution in [-0.2, 0) is 12.7 Å². The van der Waals surface area contributed by atoms with E-state index in [1.165, 1.54) is 37.1 Å². The van der Waals surface area contributed by atoms with Crippen molar-refractivity contribution in [2.24, 2.45) is 0 Å². The van der Waals surface area contributed by atoms with Gasteiger partial charge in [-0.05, 0) is 62.3 Å². The fourth-order valence-corrected chi connectivity index (χ4v) is 4.90. The summed E-state index contributed by atoms with van der Waals surface area (Å²) in [4.78, 5) is 19.5. The number of hydrogen-bond acceptors (Lipinski definition) is 7. The van der Waals surface area contributed by atoms with E-state index in [0.29, 0.717) is 28.3 Å². The monoisotopic (exact) mass is 586 g/mol. The van der Waals surface area contributed by atoms with Crippen LogP contribution in [0.3, 0.4) is 0 Å². The maximum atomic E-state index is 13.8. The summed E-state index contributed by atoms with van der Waals surface area (Å²) in [7, 11) is 2.89. The molecule has 3 heterocycles. The lowest BCUT2D eigenvalue weighted by Crippen LogP contribution is -2.21. The smallest absolute Gasteiger partial charge is 0.416 e. The molecule has 41 heavy (non-hydrogen) atoms. The number of nitrogens with one attached hydrogen (secondary N) is 1. The molecule has 9 nitrogen and oxygen atoms in total. The molecule has 1 aliphatic heterocycles. The highest BCUT2D eigenvalue weighted by atomic mass is 35.5. The summed E-state index contributed by atoms with van der Waals surface area (Å²) in [5.74, 6) is 0.0765. The Labute approximate surface area is 238 Å². The number of aromatic nitrogens is 4. The average molecular weight is 587 g/mol. The number of likely N-dealkylation sites (tertiary alicyclic amines) is 1. The third-order valence-electron chi connectivity index (χ3n) is 6.73. The summed E-state index contributed by atoms with van der Waals surface area (Å²) in [6, 6.07) is 8.15. The zero-order chi connectivity index (χ0) is 29.1. The number of amides is 1. The Hall–Kier alpha value is -4.16. The second-order valence-electron chi connectivity index (χ2n) is 9.48. The van der Waals surface area contributed by atoms with E-state index in [1.807, 2.05) is 0 Å². The Morgan fingerprint density at radius 2 is 1.85 bits per heavy atom. The van der Waals surface area contributed by atoms with Gasteiger partial charge in [-0.25, -0.2) is 4.68 Å². The number of alkyl halides is 3. The molecule has 2 aromatic heterocycles. The summed E-state index contributed by atoms with van der Waals surface area (Å²) >= 11 is 6.42. The van der Waals surface area contributed by atoms with Gasteiger partial charge in [0.05, 0.1) is 48.6 Å². The highest BCUT2D eigenvalue weighted by molar-refractivity contribution is 6.32. The van der Waals surface area contributed by atoms with Crippen molar-refractivity contribution in [2.45, 2.75) is 25.6 Å². The second kappa shape index (κ2) is 11.8. The number of rotatable bonds is 8. The third-order valence-corrected chi connectivity index (χ3v) is 7.05. The maximum absolute atomic E-state index is 13.8. The first-order valence-corrected chi connectivity index (χ1v) is 13.1. The number of ether oxygens (including phenoxy) is 2. The van der Waals surface area contributed by atoms with E-state index in [2.05, 4.69) is 25.5 Å². The van der Waals surface area contributed by atoms with Crippen LogP contribution in [0, 0.1) is 0 Å². The summed E-state index contributed by atoms with van der Waals surface area (Å²) in [5.41, 5.74) is 1.03. The zero-order valence-corrected chi connectivity index (χ0v) is 23.0. The number of pyridine rings is 1. The molecule has 0 unspecified atom stereocenters. The van der Waals surface area contributed by atoms with E-state index < -0.39 is 17.6 Å². The topological polar surface area (TPSA) is 94.4 Å². The number of halogens is 4. The quantitative estimate of drug-likeness (QED) is 0.276. The number of anilines is 1. The number of carbonyl (C=O) groups is 1. The fraction of sp³-hybridized carbons (Fsp3) is 0.286. The van der Waals surface area contributed by atoms with E-state index >= 15 is 0 Å². The van der Waals surface area contributed by atoms with E-state index in [1.54, 1.807) is 24.7 Å². The first-order valence-electron chi connectivity index (χ1n) is 12.7. The second-order valence-corrected chi connectivity index (χ2v) is 9.89. The normalized spacial score (nSPS) is 13.8. The number of carbonyl (C=O) groups excluding carboxylic acids is 1. The Morgan fingerprint density at radius 3 is 2.56 bits per heavy atom. The zero-order valence-electron chi connectivity index (χ0n) is 22.2. The molecule has 4 aromatic rings. The highest BCUT2D eigenvalue weighted by Gasteiger charge is 2.33. The van der Waals surface area contributed by atoms with Gasteiger partial charge in [-0.3, -0.25) is 14.7 Å². The largest absolute Gasteiger partial charge is 0.495 e. The molecule has 1 aliphatic rings. The van der Waals surface area contributed by atoms with Crippen LogP contribution in [0.2, 0.25) is 5.02 Å². The predicted molar refractivity (Wildman–Crippen MR) is 147 cm³/mol.